The summed E-state index contributed by atoms with van der Waals surface area (Å²) in [4.78, 5) is 54.8. The van der Waals surface area contributed by atoms with E-state index in [-0.39, 0.29) is 31.3 Å². The summed E-state index contributed by atoms with van der Waals surface area (Å²) in [5, 5.41) is 17.5. The first-order chi connectivity index (χ1) is 18.5. The van der Waals surface area contributed by atoms with E-state index in [1.54, 1.807) is 38.1 Å². The predicted octanol–water partition coefficient (Wildman–Crippen LogP) is -1.07. The van der Waals surface area contributed by atoms with Gasteiger partial charge in [0.1, 0.15) is 18.1 Å². The highest BCUT2D eigenvalue weighted by Crippen LogP contribution is 2.09. The maximum absolute atomic E-state index is 13.3. The standard InChI is InChI=1S/C26H44N8O5/c1-16(2)21(24(37)33-20(25(38)39)15-17-9-4-3-5-10-17)34-23(36)19(12-8-14-31-26(29)30)32-22(35)18(28)11-6-7-13-27/h3-5,9-10,16,18-21H,6-8,11-15,27-28H2,1-2H3,(H,32,35)(H,33,37)(H,34,36)(H,38,39)(H4,29,30,31). The summed E-state index contributed by atoms with van der Waals surface area (Å²) < 4.78 is 0. The van der Waals surface area contributed by atoms with E-state index in [1.807, 2.05) is 6.07 Å². The van der Waals surface area contributed by atoms with E-state index in [4.69, 9.17) is 22.9 Å². The van der Waals surface area contributed by atoms with Gasteiger partial charge in [0.15, 0.2) is 5.96 Å². The molecule has 1 aromatic rings. The summed E-state index contributed by atoms with van der Waals surface area (Å²) in [6.45, 7) is 4.16. The predicted molar refractivity (Wildman–Crippen MR) is 149 cm³/mol. The Hall–Kier alpha value is -3.71. The zero-order valence-electron chi connectivity index (χ0n) is 22.8. The van der Waals surface area contributed by atoms with E-state index in [1.165, 1.54) is 0 Å². The Bertz CT molecular complexity index is 953. The first-order valence-corrected chi connectivity index (χ1v) is 13.1. The van der Waals surface area contributed by atoms with Gasteiger partial charge in [-0.3, -0.25) is 19.4 Å². The molecule has 0 aliphatic carbocycles. The molecular weight excluding hydrogens is 504 g/mol. The van der Waals surface area contributed by atoms with Gasteiger partial charge in [0.25, 0.3) is 0 Å². The van der Waals surface area contributed by atoms with Crippen LogP contribution in [-0.4, -0.2) is 72.0 Å². The van der Waals surface area contributed by atoms with E-state index < -0.39 is 47.9 Å². The molecule has 12 N–H and O–H groups in total. The molecule has 0 saturated carbocycles. The highest BCUT2D eigenvalue weighted by Gasteiger charge is 2.31. The second kappa shape index (κ2) is 17.7. The van der Waals surface area contributed by atoms with Crippen molar-refractivity contribution in [2.24, 2.45) is 33.8 Å². The number of nitrogens with one attached hydrogen (secondary N) is 3. The van der Waals surface area contributed by atoms with Gasteiger partial charge in [-0.15, -0.1) is 0 Å². The molecule has 1 aromatic carbocycles. The maximum Gasteiger partial charge on any atom is 0.326 e. The van der Waals surface area contributed by atoms with E-state index in [2.05, 4.69) is 20.9 Å². The summed E-state index contributed by atoms with van der Waals surface area (Å²) in [6, 6.07) is 4.80. The van der Waals surface area contributed by atoms with Gasteiger partial charge in [-0.1, -0.05) is 50.6 Å². The van der Waals surface area contributed by atoms with Crippen molar-refractivity contribution in [3.63, 3.8) is 0 Å². The number of carboxylic acids is 1. The van der Waals surface area contributed by atoms with Crippen LogP contribution in [0.2, 0.25) is 0 Å². The van der Waals surface area contributed by atoms with Gasteiger partial charge in [-0.05, 0) is 43.7 Å². The SMILES string of the molecule is CC(C)C(NC(=O)C(CCCN=C(N)N)NC(=O)C(N)CCCCN)C(=O)NC(Cc1ccccc1)C(=O)O. The third-order valence-electron chi connectivity index (χ3n) is 6.03. The van der Waals surface area contributed by atoms with Crippen molar-refractivity contribution in [1.29, 1.82) is 0 Å². The molecule has 0 radical (unpaired) electrons. The van der Waals surface area contributed by atoms with Gasteiger partial charge in [-0.2, -0.15) is 0 Å². The van der Waals surface area contributed by atoms with Gasteiger partial charge in [0, 0.05) is 13.0 Å². The topological polar surface area (TPSA) is 241 Å². The average molecular weight is 549 g/mol. The summed E-state index contributed by atoms with van der Waals surface area (Å²) >= 11 is 0. The highest BCUT2D eigenvalue weighted by atomic mass is 16.4. The van der Waals surface area contributed by atoms with Crippen molar-refractivity contribution < 1.29 is 24.3 Å². The number of benzene rings is 1. The lowest BCUT2D eigenvalue weighted by molar-refractivity contribution is -0.142. The lowest BCUT2D eigenvalue weighted by Crippen LogP contribution is -2.58. The third-order valence-corrected chi connectivity index (χ3v) is 6.03. The van der Waals surface area contributed by atoms with Gasteiger partial charge in [0.2, 0.25) is 17.7 Å². The Morgan fingerprint density at radius 3 is 2.08 bits per heavy atom. The molecule has 218 valence electrons. The van der Waals surface area contributed by atoms with E-state index >= 15 is 0 Å². The number of unbranched alkanes of at least 4 members (excludes halogenated alkanes) is 1. The first kappa shape index (κ1) is 33.3. The molecule has 4 unspecified atom stereocenters. The number of rotatable bonds is 18. The number of hydrogen-bond donors (Lipinski definition) is 8. The van der Waals surface area contributed by atoms with E-state index in [0.29, 0.717) is 25.8 Å². The fraction of sp³-hybridized carbons (Fsp3) is 0.577. The lowest BCUT2D eigenvalue weighted by atomic mass is 10.00. The number of nitrogens with zero attached hydrogens (tertiary/aromatic N) is 1. The van der Waals surface area contributed by atoms with Crippen LogP contribution in [-0.2, 0) is 25.6 Å². The van der Waals surface area contributed by atoms with Crippen molar-refractivity contribution in [3.05, 3.63) is 35.9 Å². The lowest BCUT2D eigenvalue weighted by Gasteiger charge is -2.27. The zero-order valence-corrected chi connectivity index (χ0v) is 22.8. The number of carboxylic acid groups (broad SMARTS) is 1. The minimum Gasteiger partial charge on any atom is -0.480 e. The first-order valence-electron chi connectivity index (χ1n) is 13.1. The molecule has 0 aliphatic rings. The number of guanidine groups is 1. The summed E-state index contributed by atoms with van der Waals surface area (Å²) in [7, 11) is 0. The molecule has 39 heavy (non-hydrogen) atoms. The van der Waals surface area contributed by atoms with Gasteiger partial charge in [-0.25, -0.2) is 4.79 Å². The molecular formula is C26H44N8O5. The molecule has 4 atom stereocenters. The molecule has 1 rings (SSSR count). The zero-order chi connectivity index (χ0) is 29.4. The van der Waals surface area contributed by atoms with E-state index in [9.17, 15) is 24.3 Å². The van der Waals surface area contributed by atoms with Crippen LogP contribution in [0.15, 0.2) is 35.3 Å². The Kier molecular flexibility index (Phi) is 15.2. The molecule has 13 heteroatoms. The second-order valence-corrected chi connectivity index (χ2v) is 9.72. The van der Waals surface area contributed by atoms with Crippen molar-refractivity contribution in [2.75, 3.05) is 13.1 Å². The number of hydrogen-bond acceptors (Lipinski definition) is 7. The van der Waals surface area contributed by atoms with Crippen LogP contribution in [0.25, 0.3) is 0 Å². The number of amides is 3. The highest BCUT2D eigenvalue weighted by molar-refractivity contribution is 5.94. The van der Waals surface area contributed by atoms with Gasteiger partial charge >= 0.3 is 5.97 Å². The molecule has 0 aromatic heterocycles. The fourth-order valence-corrected chi connectivity index (χ4v) is 3.79. The molecule has 0 aliphatic heterocycles. The minimum absolute atomic E-state index is 0.0756. The quantitative estimate of drug-likeness (QED) is 0.0632. The summed E-state index contributed by atoms with van der Waals surface area (Å²) in [5.41, 5.74) is 22.9. The Morgan fingerprint density at radius 2 is 1.51 bits per heavy atom. The molecule has 13 nitrogen and oxygen atoms in total. The molecule has 0 bridgehead atoms. The average Bonchev–Trinajstić information content (AvgIpc) is 2.88. The minimum atomic E-state index is -1.20. The molecule has 0 spiro atoms. The van der Waals surface area contributed by atoms with Crippen molar-refractivity contribution in [3.8, 4) is 0 Å². The molecule has 0 saturated heterocycles. The normalized spacial score (nSPS) is 14.0. The largest absolute Gasteiger partial charge is 0.480 e. The Morgan fingerprint density at radius 1 is 0.872 bits per heavy atom. The van der Waals surface area contributed by atoms with Crippen molar-refractivity contribution >= 4 is 29.7 Å². The number of aliphatic carboxylic acids is 1. The van der Waals surface area contributed by atoms with E-state index in [0.717, 1.165) is 12.0 Å². The van der Waals surface area contributed by atoms with Crippen molar-refractivity contribution in [1.82, 2.24) is 16.0 Å². The van der Waals surface area contributed by atoms with Gasteiger partial charge in [0.05, 0.1) is 6.04 Å². The Balaban J connectivity index is 2.97. The summed E-state index contributed by atoms with van der Waals surface area (Å²) in [5.74, 6) is -3.43. The van der Waals surface area contributed by atoms with Crippen LogP contribution in [0.5, 0.6) is 0 Å². The van der Waals surface area contributed by atoms with Crippen LogP contribution in [0, 0.1) is 5.92 Å². The summed E-state index contributed by atoms with van der Waals surface area (Å²) in [6.07, 6.45) is 2.41. The fourth-order valence-electron chi connectivity index (χ4n) is 3.79. The number of aliphatic imine (C=N–C) groups is 1. The van der Waals surface area contributed by atoms with Gasteiger partial charge < -0.3 is 44.0 Å². The number of nitrogens with two attached hydrogens (primary N) is 4. The number of carbonyl (C=O) groups is 4. The maximum atomic E-state index is 13.3. The monoisotopic (exact) mass is 548 g/mol. The van der Waals surface area contributed by atoms with Crippen LogP contribution in [0.3, 0.4) is 0 Å². The molecule has 0 heterocycles. The van der Waals surface area contributed by atoms with Crippen LogP contribution in [0.4, 0.5) is 0 Å². The van der Waals surface area contributed by atoms with Crippen molar-refractivity contribution in [2.45, 2.75) is 76.5 Å². The third kappa shape index (κ3) is 13.1. The smallest absolute Gasteiger partial charge is 0.326 e. The Labute approximate surface area is 229 Å². The van der Waals surface area contributed by atoms with Crippen LogP contribution >= 0.6 is 0 Å². The van der Waals surface area contributed by atoms with Crippen LogP contribution < -0.4 is 38.9 Å². The number of carbonyl (C=O) groups excluding carboxylic acids is 3. The molecule has 0 fully saturated rings. The van der Waals surface area contributed by atoms with Crippen LogP contribution in [0.1, 0.15) is 51.5 Å². The molecule has 3 amide bonds. The second-order valence-electron chi connectivity index (χ2n) is 9.72.